The fourth-order valence-electron chi connectivity index (χ4n) is 1.78. The highest BCUT2D eigenvalue weighted by Crippen LogP contribution is 2.21. The van der Waals surface area contributed by atoms with E-state index < -0.39 is 5.60 Å². The molecular weight excluding hydrogens is 260 g/mol. The van der Waals surface area contributed by atoms with Crippen LogP contribution in [0, 0.1) is 13.8 Å². The minimum absolute atomic E-state index is 0.469. The molecule has 0 saturated heterocycles. The maximum Gasteiger partial charge on any atom is 0.134 e. The van der Waals surface area contributed by atoms with Gasteiger partial charge in [0, 0.05) is 24.4 Å². The molecule has 108 valence electrons. The molecule has 0 aromatic carbocycles. The summed E-state index contributed by atoms with van der Waals surface area (Å²) < 4.78 is 0. The first-order valence-electron chi connectivity index (χ1n) is 6.44. The Labute approximate surface area is 119 Å². The Morgan fingerprint density at radius 3 is 2.32 bits per heavy atom. The average Bonchev–Trinajstić information content (AvgIpc) is 2.32. The summed E-state index contributed by atoms with van der Waals surface area (Å²) in [6, 6.07) is 0. The Morgan fingerprint density at radius 1 is 1.21 bits per heavy atom. The van der Waals surface area contributed by atoms with Gasteiger partial charge in [-0.2, -0.15) is 11.8 Å². The molecule has 5 nitrogen and oxygen atoms in total. The molecule has 0 saturated carbocycles. The number of hydrogen-bond acceptors (Lipinski definition) is 6. The third-order valence-corrected chi connectivity index (χ3v) is 3.60. The lowest BCUT2D eigenvalue weighted by molar-refractivity contribution is 0.0996. The smallest absolute Gasteiger partial charge is 0.134 e. The summed E-state index contributed by atoms with van der Waals surface area (Å²) in [5.41, 5.74) is 0.232. The number of nitrogens with one attached hydrogen (secondary N) is 2. The maximum atomic E-state index is 10.2. The van der Waals surface area contributed by atoms with Gasteiger partial charge in [0.25, 0.3) is 0 Å². The zero-order valence-corrected chi connectivity index (χ0v) is 13.2. The van der Waals surface area contributed by atoms with Crippen molar-refractivity contribution in [2.75, 3.05) is 35.7 Å². The van der Waals surface area contributed by atoms with E-state index in [1.54, 1.807) is 11.8 Å². The van der Waals surface area contributed by atoms with Crippen molar-refractivity contribution in [2.24, 2.45) is 0 Å². The van der Waals surface area contributed by atoms with Gasteiger partial charge in [0.1, 0.15) is 17.5 Å². The van der Waals surface area contributed by atoms with Crippen LogP contribution < -0.4 is 10.6 Å². The second kappa shape index (κ2) is 6.96. The van der Waals surface area contributed by atoms with Crippen molar-refractivity contribution in [3.63, 3.8) is 0 Å². The van der Waals surface area contributed by atoms with Gasteiger partial charge in [-0.25, -0.2) is 9.97 Å². The van der Waals surface area contributed by atoms with Crippen molar-refractivity contribution in [1.29, 1.82) is 0 Å². The summed E-state index contributed by atoms with van der Waals surface area (Å²) in [6.45, 7) is 8.99. The highest BCUT2D eigenvalue weighted by molar-refractivity contribution is 7.98. The molecule has 0 bridgehead atoms. The normalized spacial score (nSPS) is 14.0. The molecule has 1 heterocycles. The molecule has 6 heteroatoms. The van der Waals surface area contributed by atoms with Gasteiger partial charge in [-0.05, 0) is 34.0 Å². The van der Waals surface area contributed by atoms with Crippen LogP contribution in [0.1, 0.15) is 25.2 Å². The molecule has 1 atom stereocenters. The number of aliphatic hydroxyl groups is 1. The van der Waals surface area contributed by atoms with E-state index >= 15 is 0 Å². The molecule has 1 unspecified atom stereocenters. The first kappa shape index (κ1) is 16.0. The number of thioether (sulfide) groups is 1. The van der Waals surface area contributed by atoms with E-state index in [1.165, 1.54) is 0 Å². The van der Waals surface area contributed by atoms with Gasteiger partial charge in [0.05, 0.1) is 5.60 Å². The molecule has 0 radical (unpaired) electrons. The SMILES string of the molecule is CCNc1nc(C)nc(NCC(C)(O)CSC)c1C. The third kappa shape index (κ3) is 4.87. The number of nitrogens with zero attached hydrogens (tertiary/aromatic N) is 2. The molecule has 0 fully saturated rings. The minimum atomic E-state index is -0.747. The Morgan fingerprint density at radius 2 is 1.79 bits per heavy atom. The van der Waals surface area contributed by atoms with E-state index in [4.69, 9.17) is 0 Å². The van der Waals surface area contributed by atoms with Crippen molar-refractivity contribution in [3.05, 3.63) is 11.4 Å². The van der Waals surface area contributed by atoms with Crippen LogP contribution in [0.15, 0.2) is 0 Å². The van der Waals surface area contributed by atoms with Crippen LogP contribution in [0.25, 0.3) is 0 Å². The second-order valence-corrected chi connectivity index (χ2v) is 5.77. The Bertz CT molecular complexity index is 423. The molecule has 0 aliphatic heterocycles. The minimum Gasteiger partial charge on any atom is -0.387 e. The van der Waals surface area contributed by atoms with Gasteiger partial charge in [-0.1, -0.05) is 0 Å². The highest BCUT2D eigenvalue weighted by Gasteiger charge is 2.20. The van der Waals surface area contributed by atoms with Gasteiger partial charge < -0.3 is 15.7 Å². The average molecular weight is 284 g/mol. The van der Waals surface area contributed by atoms with Crippen LogP contribution in [-0.4, -0.2) is 45.8 Å². The quantitative estimate of drug-likeness (QED) is 0.712. The van der Waals surface area contributed by atoms with Crippen LogP contribution in [0.5, 0.6) is 0 Å². The summed E-state index contributed by atoms with van der Waals surface area (Å²) >= 11 is 1.63. The van der Waals surface area contributed by atoms with E-state index in [-0.39, 0.29) is 0 Å². The van der Waals surface area contributed by atoms with Crippen molar-refractivity contribution >= 4 is 23.4 Å². The fraction of sp³-hybridized carbons (Fsp3) is 0.692. The molecule has 0 aliphatic rings. The molecule has 1 aromatic rings. The number of aromatic nitrogens is 2. The van der Waals surface area contributed by atoms with E-state index in [1.807, 2.05) is 34.0 Å². The van der Waals surface area contributed by atoms with Crippen LogP contribution in [0.3, 0.4) is 0 Å². The first-order valence-corrected chi connectivity index (χ1v) is 7.83. The summed E-state index contributed by atoms with van der Waals surface area (Å²) in [5, 5.41) is 16.6. The van der Waals surface area contributed by atoms with Crippen molar-refractivity contribution in [2.45, 2.75) is 33.3 Å². The van der Waals surface area contributed by atoms with Gasteiger partial charge >= 0.3 is 0 Å². The number of aryl methyl sites for hydroxylation is 1. The van der Waals surface area contributed by atoms with Gasteiger partial charge in [-0.3, -0.25) is 0 Å². The first-order chi connectivity index (χ1) is 8.89. The summed E-state index contributed by atoms with van der Waals surface area (Å²) in [6.07, 6.45) is 1.98. The third-order valence-electron chi connectivity index (χ3n) is 2.69. The lowest BCUT2D eigenvalue weighted by Gasteiger charge is -2.23. The van der Waals surface area contributed by atoms with E-state index in [2.05, 4.69) is 20.6 Å². The monoisotopic (exact) mass is 284 g/mol. The molecule has 0 aliphatic carbocycles. The van der Waals surface area contributed by atoms with Gasteiger partial charge in [0.15, 0.2) is 0 Å². The summed E-state index contributed by atoms with van der Waals surface area (Å²) in [4.78, 5) is 8.77. The van der Waals surface area contributed by atoms with Crippen molar-refractivity contribution < 1.29 is 5.11 Å². The molecule has 0 amide bonds. The lowest BCUT2D eigenvalue weighted by atomic mass is 10.1. The van der Waals surface area contributed by atoms with Crippen molar-refractivity contribution in [1.82, 2.24) is 9.97 Å². The number of anilines is 2. The molecule has 1 aromatic heterocycles. The van der Waals surface area contributed by atoms with Gasteiger partial charge in [0.2, 0.25) is 0 Å². The Hall–Kier alpha value is -1.01. The van der Waals surface area contributed by atoms with Crippen LogP contribution in [0.2, 0.25) is 0 Å². The number of rotatable bonds is 7. The standard InChI is InChI=1S/C13H24N4OS/c1-6-14-11-9(2)12(17-10(3)16-11)15-7-13(4,18)8-19-5/h18H,6-8H2,1-5H3,(H2,14,15,16,17). The van der Waals surface area contributed by atoms with Gasteiger partial charge in [-0.15, -0.1) is 0 Å². The molecule has 19 heavy (non-hydrogen) atoms. The van der Waals surface area contributed by atoms with E-state index in [0.29, 0.717) is 18.1 Å². The Kier molecular flexibility index (Phi) is 5.87. The number of hydrogen-bond donors (Lipinski definition) is 3. The van der Waals surface area contributed by atoms with E-state index in [9.17, 15) is 5.11 Å². The maximum absolute atomic E-state index is 10.2. The predicted molar refractivity (Wildman–Crippen MR) is 83.2 cm³/mol. The molecule has 0 spiro atoms. The van der Waals surface area contributed by atoms with E-state index in [0.717, 1.165) is 23.7 Å². The lowest BCUT2D eigenvalue weighted by Crippen LogP contribution is -2.36. The second-order valence-electron chi connectivity index (χ2n) is 4.91. The molecular formula is C13H24N4OS. The Balaban J connectivity index is 2.83. The zero-order valence-electron chi connectivity index (χ0n) is 12.4. The van der Waals surface area contributed by atoms with Crippen LogP contribution >= 0.6 is 11.8 Å². The molecule has 3 N–H and O–H groups in total. The molecule has 1 rings (SSSR count). The predicted octanol–water partition coefficient (Wildman–Crippen LogP) is 2.05. The largest absolute Gasteiger partial charge is 0.387 e. The van der Waals surface area contributed by atoms with Crippen LogP contribution in [-0.2, 0) is 0 Å². The zero-order chi connectivity index (χ0) is 14.5. The van der Waals surface area contributed by atoms with Crippen molar-refractivity contribution in [3.8, 4) is 0 Å². The van der Waals surface area contributed by atoms with Crippen LogP contribution in [0.4, 0.5) is 11.6 Å². The summed E-state index contributed by atoms with van der Waals surface area (Å²) in [7, 11) is 0. The fourth-order valence-corrected chi connectivity index (χ4v) is 2.50. The topological polar surface area (TPSA) is 70.1 Å². The highest BCUT2D eigenvalue weighted by atomic mass is 32.2. The summed E-state index contributed by atoms with van der Waals surface area (Å²) in [5.74, 6) is 3.03.